The average Bonchev–Trinajstić information content (AvgIpc) is 2.50. The lowest BCUT2D eigenvalue weighted by Gasteiger charge is -2.41. The normalized spacial score (nSPS) is 18.1. The Bertz CT molecular complexity index is 680. The molecule has 0 aliphatic carbocycles. The molecular formula is C17H24ClN4O3S-. The quantitative estimate of drug-likeness (QED) is 0.420. The molecule has 1 fully saturated rings. The fraction of sp³-hybridized carbons (Fsp3) is 0.647. The van der Waals surface area contributed by atoms with Gasteiger partial charge < -0.3 is 19.7 Å². The summed E-state index contributed by atoms with van der Waals surface area (Å²) in [5.41, 5.74) is -0.0424. The predicted molar refractivity (Wildman–Crippen MR) is 100 cm³/mol. The second kappa shape index (κ2) is 8.43. The third-order valence-corrected chi connectivity index (χ3v) is 4.95. The van der Waals surface area contributed by atoms with Crippen molar-refractivity contribution in [1.29, 1.82) is 0 Å². The number of carbonyl (C=O) groups is 2. The van der Waals surface area contributed by atoms with Gasteiger partial charge in [0.15, 0.2) is 5.16 Å². The molecule has 1 aliphatic heterocycles. The molecule has 2 rings (SSSR count). The first-order valence-corrected chi connectivity index (χ1v) is 9.83. The van der Waals surface area contributed by atoms with Gasteiger partial charge >= 0.3 is 0 Å². The van der Waals surface area contributed by atoms with Crippen LogP contribution in [-0.2, 0) is 9.59 Å². The van der Waals surface area contributed by atoms with Crippen molar-refractivity contribution in [3.05, 3.63) is 11.2 Å². The van der Waals surface area contributed by atoms with Gasteiger partial charge in [-0.05, 0) is 12.3 Å². The van der Waals surface area contributed by atoms with Crippen LogP contribution in [0.4, 0.5) is 5.82 Å². The van der Waals surface area contributed by atoms with Gasteiger partial charge in [0, 0.05) is 43.9 Å². The second-order valence-corrected chi connectivity index (χ2v) is 8.94. The largest absolute Gasteiger partial charge is 0.549 e. The predicted octanol–water partition coefficient (Wildman–Crippen LogP) is 1.45. The Morgan fingerprint density at radius 3 is 2.62 bits per heavy atom. The number of amides is 1. The van der Waals surface area contributed by atoms with Crippen LogP contribution in [0.3, 0.4) is 0 Å². The number of aromatic nitrogens is 2. The molecule has 0 aromatic carbocycles. The maximum Gasteiger partial charge on any atom is 0.223 e. The molecule has 2 heterocycles. The molecule has 1 aliphatic rings. The van der Waals surface area contributed by atoms with E-state index in [2.05, 4.69) is 30.7 Å². The molecular weight excluding hydrogens is 376 g/mol. The summed E-state index contributed by atoms with van der Waals surface area (Å²) in [4.78, 5) is 35.5. The standard InChI is InChI=1S/C17H25ClN4O3S/c1-11-9-21(5-6-22(11)14(23)8-17(2,3)4)13-7-12(18)19-16(20-13)26-10-15(24)25/h7,11H,5-6,8-10H2,1-4H3,(H,24,25)/p-1/t11-/m1/s1. The van der Waals surface area contributed by atoms with Crippen LogP contribution in [-0.4, -0.2) is 58.2 Å². The van der Waals surface area contributed by atoms with Crippen molar-refractivity contribution in [3.8, 4) is 0 Å². The Kier molecular flexibility index (Phi) is 6.74. The summed E-state index contributed by atoms with van der Waals surface area (Å²) in [6, 6.07) is 1.70. The fourth-order valence-electron chi connectivity index (χ4n) is 2.83. The number of hydrogen-bond acceptors (Lipinski definition) is 7. The van der Waals surface area contributed by atoms with Gasteiger partial charge in [-0.3, -0.25) is 4.79 Å². The molecule has 1 aromatic rings. The van der Waals surface area contributed by atoms with Gasteiger partial charge in [0.2, 0.25) is 5.91 Å². The Morgan fingerprint density at radius 2 is 2.04 bits per heavy atom. The fourth-order valence-corrected chi connectivity index (χ4v) is 3.62. The van der Waals surface area contributed by atoms with Crippen LogP contribution >= 0.6 is 23.4 Å². The van der Waals surface area contributed by atoms with Gasteiger partial charge in [-0.25, -0.2) is 9.97 Å². The number of piperazine rings is 1. The van der Waals surface area contributed by atoms with Crippen molar-refractivity contribution >= 4 is 41.1 Å². The van der Waals surface area contributed by atoms with E-state index in [0.29, 0.717) is 37.0 Å². The zero-order valence-electron chi connectivity index (χ0n) is 15.5. The van der Waals surface area contributed by atoms with Crippen LogP contribution in [0, 0.1) is 5.41 Å². The lowest BCUT2D eigenvalue weighted by Crippen LogP contribution is -2.54. The number of carboxylic acids is 1. The van der Waals surface area contributed by atoms with Crippen molar-refractivity contribution in [2.45, 2.75) is 45.3 Å². The maximum atomic E-state index is 12.5. The van der Waals surface area contributed by atoms with Crippen molar-refractivity contribution in [2.75, 3.05) is 30.3 Å². The lowest BCUT2D eigenvalue weighted by atomic mass is 9.91. The van der Waals surface area contributed by atoms with Gasteiger partial charge in [-0.2, -0.15) is 0 Å². The van der Waals surface area contributed by atoms with Crippen molar-refractivity contribution in [1.82, 2.24) is 14.9 Å². The van der Waals surface area contributed by atoms with Crippen LogP contribution in [0.15, 0.2) is 11.2 Å². The van der Waals surface area contributed by atoms with Crippen molar-refractivity contribution in [2.24, 2.45) is 5.41 Å². The molecule has 1 aromatic heterocycles. The van der Waals surface area contributed by atoms with Gasteiger partial charge in [0.25, 0.3) is 0 Å². The van der Waals surface area contributed by atoms with Crippen LogP contribution in [0.5, 0.6) is 0 Å². The van der Waals surface area contributed by atoms with E-state index >= 15 is 0 Å². The number of rotatable bonds is 5. The monoisotopic (exact) mass is 399 g/mol. The summed E-state index contributed by atoms with van der Waals surface area (Å²) < 4.78 is 0. The minimum Gasteiger partial charge on any atom is -0.549 e. The van der Waals surface area contributed by atoms with E-state index in [0.717, 1.165) is 11.8 Å². The van der Waals surface area contributed by atoms with E-state index < -0.39 is 5.97 Å². The van der Waals surface area contributed by atoms with Gasteiger partial charge in [-0.1, -0.05) is 44.1 Å². The third kappa shape index (κ3) is 6.02. The Morgan fingerprint density at radius 1 is 1.35 bits per heavy atom. The van der Waals surface area contributed by atoms with E-state index in [1.807, 2.05) is 16.7 Å². The molecule has 7 nitrogen and oxygen atoms in total. The zero-order valence-corrected chi connectivity index (χ0v) is 17.1. The second-order valence-electron chi connectivity index (χ2n) is 7.61. The smallest absolute Gasteiger partial charge is 0.223 e. The molecule has 0 unspecified atom stereocenters. The van der Waals surface area contributed by atoms with Crippen LogP contribution in [0.1, 0.15) is 34.1 Å². The summed E-state index contributed by atoms with van der Waals surface area (Å²) in [5.74, 6) is -0.610. The van der Waals surface area contributed by atoms with Crippen LogP contribution in [0.2, 0.25) is 5.15 Å². The SMILES string of the molecule is C[C@@H]1CN(c2cc(Cl)nc(SCC(=O)[O-])n2)CCN1C(=O)CC(C)(C)C. The molecule has 26 heavy (non-hydrogen) atoms. The van der Waals surface area contributed by atoms with E-state index in [1.54, 1.807) is 6.07 Å². The average molecular weight is 400 g/mol. The summed E-state index contributed by atoms with van der Waals surface area (Å²) in [6.07, 6.45) is 0.515. The van der Waals surface area contributed by atoms with E-state index in [9.17, 15) is 14.7 Å². The number of nitrogens with zero attached hydrogens (tertiary/aromatic N) is 4. The highest BCUT2D eigenvalue weighted by atomic mass is 35.5. The van der Waals surface area contributed by atoms with E-state index in [1.165, 1.54) is 0 Å². The number of thioether (sulfide) groups is 1. The summed E-state index contributed by atoms with van der Waals surface area (Å²) in [6.45, 7) is 10.1. The minimum atomic E-state index is -1.18. The number of carboxylic acid groups (broad SMARTS) is 1. The highest BCUT2D eigenvalue weighted by Gasteiger charge is 2.30. The molecule has 0 radical (unpaired) electrons. The molecule has 0 N–H and O–H groups in total. The molecule has 9 heteroatoms. The molecule has 0 saturated carbocycles. The molecule has 1 atom stereocenters. The van der Waals surface area contributed by atoms with Crippen LogP contribution < -0.4 is 10.0 Å². The Labute approximate surface area is 163 Å². The number of halogens is 1. The summed E-state index contributed by atoms with van der Waals surface area (Å²) in [5, 5.41) is 11.2. The lowest BCUT2D eigenvalue weighted by molar-refractivity contribution is -0.301. The van der Waals surface area contributed by atoms with Gasteiger partial charge in [-0.15, -0.1) is 0 Å². The Balaban J connectivity index is 2.06. The number of anilines is 1. The number of aliphatic carboxylic acids is 1. The number of hydrogen-bond donors (Lipinski definition) is 0. The third-order valence-electron chi connectivity index (χ3n) is 3.93. The first-order valence-electron chi connectivity index (χ1n) is 8.47. The zero-order chi connectivity index (χ0) is 19.5. The first-order chi connectivity index (χ1) is 12.0. The molecule has 1 amide bonds. The molecule has 0 bridgehead atoms. The highest BCUT2D eigenvalue weighted by molar-refractivity contribution is 7.99. The van der Waals surface area contributed by atoms with E-state index in [4.69, 9.17) is 11.6 Å². The highest BCUT2D eigenvalue weighted by Crippen LogP contribution is 2.26. The van der Waals surface area contributed by atoms with Crippen LogP contribution in [0.25, 0.3) is 0 Å². The first kappa shape index (κ1) is 20.8. The minimum absolute atomic E-state index is 0.0424. The van der Waals surface area contributed by atoms with Crippen molar-refractivity contribution < 1.29 is 14.7 Å². The number of carbonyl (C=O) groups excluding carboxylic acids is 2. The molecule has 1 saturated heterocycles. The topological polar surface area (TPSA) is 89.5 Å². The molecule has 0 spiro atoms. The van der Waals surface area contributed by atoms with Gasteiger partial charge in [0.1, 0.15) is 11.0 Å². The van der Waals surface area contributed by atoms with Gasteiger partial charge in [0.05, 0.1) is 5.97 Å². The molecule has 144 valence electrons. The Hall–Kier alpha value is -1.54. The van der Waals surface area contributed by atoms with Crippen molar-refractivity contribution in [3.63, 3.8) is 0 Å². The maximum absolute atomic E-state index is 12.5. The summed E-state index contributed by atoms with van der Waals surface area (Å²) in [7, 11) is 0. The summed E-state index contributed by atoms with van der Waals surface area (Å²) >= 11 is 7.03. The van der Waals surface area contributed by atoms with E-state index in [-0.39, 0.29) is 28.3 Å².